The zero-order valence-electron chi connectivity index (χ0n) is 11.8. The third-order valence-corrected chi connectivity index (χ3v) is 3.50. The van der Waals surface area contributed by atoms with Crippen molar-refractivity contribution in [2.45, 2.75) is 54.0 Å². The molecule has 0 bridgehead atoms. The van der Waals surface area contributed by atoms with Gasteiger partial charge in [0.1, 0.15) is 6.61 Å². The van der Waals surface area contributed by atoms with E-state index in [1.54, 1.807) is 0 Å². The standard InChI is InChI=1S/C10H4F16O/c11-2-5(16,17)9(23,24)10(25,26)7(2,20)27-1-4(14,15)8(21,22)6(18,19)3(12)13/h2-3H,1H2. The van der Waals surface area contributed by atoms with Crippen LogP contribution in [0.4, 0.5) is 70.2 Å². The molecule has 2 atom stereocenters. The molecule has 0 spiro atoms. The molecule has 0 aromatic rings. The maximum absolute atomic E-state index is 13.6. The van der Waals surface area contributed by atoms with Gasteiger partial charge in [-0.25, -0.2) is 17.6 Å². The highest BCUT2D eigenvalue weighted by Crippen LogP contribution is 2.64. The summed E-state index contributed by atoms with van der Waals surface area (Å²) in [6.07, 6.45) is -10.9. The summed E-state index contributed by atoms with van der Waals surface area (Å²) >= 11 is 0. The van der Waals surface area contributed by atoms with Crippen molar-refractivity contribution >= 4 is 0 Å². The van der Waals surface area contributed by atoms with Crippen LogP contribution < -0.4 is 0 Å². The molecule has 0 amide bonds. The molecule has 1 saturated carbocycles. The smallest absolute Gasteiger partial charge is 0.332 e. The number of rotatable bonds is 6. The molecule has 0 saturated heterocycles. The van der Waals surface area contributed by atoms with Crippen LogP contribution in [0.1, 0.15) is 0 Å². The number of hydrogen-bond donors (Lipinski definition) is 0. The molecule has 27 heavy (non-hydrogen) atoms. The SMILES string of the molecule is FC(F)C(F)(F)C(F)(F)C(F)(F)COC1(F)C(F)C(F)(F)C(F)(F)C1(F)F. The lowest BCUT2D eigenvalue weighted by molar-refractivity contribution is -0.375. The minimum absolute atomic E-state index is 2.46. The minimum Gasteiger partial charge on any atom is -0.332 e. The topological polar surface area (TPSA) is 9.23 Å². The van der Waals surface area contributed by atoms with Crippen molar-refractivity contribution in [3.05, 3.63) is 0 Å². The molecule has 0 radical (unpaired) electrons. The van der Waals surface area contributed by atoms with Crippen LogP contribution in [0.5, 0.6) is 0 Å². The largest absolute Gasteiger partial charge is 0.381 e. The lowest BCUT2D eigenvalue weighted by Gasteiger charge is -2.34. The quantitative estimate of drug-likeness (QED) is 0.519. The first-order chi connectivity index (χ1) is 11.6. The van der Waals surface area contributed by atoms with E-state index in [0.717, 1.165) is 0 Å². The van der Waals surface area contributed by atoms with Crippen LogP contribution in [-0.4, -0.2) is 60.6 Å². The molecule has 0 heterocycles. The second-order valence-electron chi connectivity index (χ2n) is 5.27. The van der Waals surface area contributed by atoms with Crippen LogP contribution in [0.15, 0.2) is 0 Å². The van der Waals surface area contributed by atoms with Gasteiger partial charge in [-0.1, -0.05) is 0 Å². The monoisotopic (exact) mass is 444 g/mol. The highest BCUT2D eigenvalue weighted by atomic mass is 19.4. The molecule has 1 fully saturated rings. The number of ether oxygens (including phenoxy) is 1. The van der Waals surface area contributed by atoms with Crippen LogP contribution in [0.3, 0.4) is 0 Å². The van der Waals surface area contributed by atoms with Crippen LogP contribution in [0.2, 0.25) is 0 Å². The van der Waals surface area contributed by atoms with Crippen LogP contribution >= 0.6 is 0 Å². The van der Waals surface area contributed by atoms with Crippen molar-refractivity contribution in [1.29, 1.82) is 0 Å². The summed E-state index contributed by atoms with van der Waals surface area (Å²) in [4.78, 5) is 0. The van der Waals surface area contributed by atoms with Crippen molar-refractivity contribution in [3.8, 4) is 0 Å². The van der Waals surface area contributed by atoms with Gasteiger partial charge < -0.3 is 4.74 Å². The molecule has 0 aliphatic heterocycles. The second kappa shape index (κ2) is 5.92. The second-order valence-corrected chi connectivity index (χ2v) is 5.27. The lowest BCUT2D eigenvalue weighted by atomic mass is 10.1. The third kappa shape index (κ3) is 2.73. The Morgan fingerprint density at radius 2 is 1.19 bits per heavy atom. The predicted molar refractivity (Wildman–Crippen MR) is 50.4 cm³/mol. The molecular formula is C10H4F16O. The zero-order chi connectivity index (χ0) is 22.1. The molecule has 1 rings (SSSR count). The van der Waals surface area contributed by atoms with E-state index in [1.165, 1.54) is 0 Å². The molecule has 17 heteroatoms. The van der Waals surface area contributed by atoms with E-state index in [-0.39, 0.29) is 0 Å². The maximum Gasteiger partial charge on any atom is 0.381 e. The Labute approximate surface area is 137 Å². The molecular weight excluding hydrogens is 440 g/mol. The predicted octanol–water partition coefficient (Wildman–Crippen LogP) is 5.10. The summed E-state index contributed by atoms with van der Waals surface area (Å²) < 4.78 is 207. The molecule has 1 nitrogen and oxygen atoms in total. The number of hydrogen-bond acceptors (Lipinski definition) is 1. The Hall–Kier alpha value is -1.16. The average Bonchev–Trinajstić information content (AvgIpc) is 2.56. The van der Waals surface area contributed by atoms with Crippen molar-refractivity contribution in [2.24, 2.45) is 0 Å². The van der Waals surface area contributed by atoms with E-state index in [0.29, 0.717) is 0 Å². The average molecular weight is 444 g/mol. The molecule has 162 valence electrons. The van der Waals surface area contributed by atoms with Gasteiger partial charge in [-0.15, -0.1) is 0 Å². The van der Waals surface area contributed by atoms with E-state index >= 15 is 0 Å². The van der Waals surface area contributed by atoms with E-state index in [2.05, 4.69) is 4.74 Å². The number of halogens is 16. The Bertz CT molecular complexity index is 570. The van der Waals surface area contributed by atoms with Crippen LogP contribution in [0, 0.1) is 0 Å². The van der Waals surface area contributed by atoms with Gasteiger partial charge in [0.15, 0.2) is 0 Å². The first kappa shape index (κ1) is 23.9. The lowest BCUT2D eigenvalue weighted by Crippen LogP contribution is -2.61. The van der Waals surface area contributed by atoms with Crippen molar-refractivity contribution in [2.75, 3.05) is 6.61 Å². The van der Waals surface area contributed by atoms with E-state index < -0.39 is 60.6 Å². The van der Waals surface area contributed by atoms with Gasteiger partial charge in [-0.2, -0.15) is 52.7 Å². The zero-order valence-corrected chi connectivity index (χ0v) is 11.8. The van der Waals surface area contributed by atoms with Gasteiger partial charge in [0, 0.05) is 0 Å². The van der Waals surface area contributed by atoms with Crippen molar-refractivity contribution in [3.63, 3.8) is 0 Å². The van der Waals surface area contributed by atoms with Crippen molar-refractivity contribution < 1.29 is 75.0 Å². The summed E-state index contributed by atoms with van der Waals surface area (Å²) in [6.45, 7) is -3.86. The highest BCUT2D eigenvalue weighted by molar-refractivity contribution is 5.19. The fourth-order valence-corrected chi connectivity index (χ4v) is 1.81. The van der Waals surface area contributed by atoms with Crippen LogP contribution in [-0.2, 0) is 4.74 Å². The Kier molecular flexibility index (Phi) is 5.23. The van der Waals surface area contributed by atoms with Gasteiger partial charge in [0.2, 0.25) is 6.17 Å². The molecule has 2 unspecified atom stereocenters. The molecule has 0 N–H and O–H groups in total. The van der Waals surface area contributed by atoms with E-state index in [1.807, 2.05) is 0 Å². The Balaban J connectivity index is 3.26. The third-order valence-electron chi connectivity index (χ3n) is 3.50. The maximum atomic E-state index is 13.6. The summed E-state index contributed by atoms with van der Waals surface area (Å²) in [5.41, 5.74) is 0. The van der Waals surface area contributed by atoms with Gasteiger partial charge in [-0.3, -0.25) is 0 Å². The minimum atomic E-state index is -7.17. The first-order valence-corrected chi connectivity index (χ1v) is 6.07. The van der Waals surface area contributed by atoms with Crippen LogP contribution in [0.25, 0.3) is 0 Å². The summed E-state index contributed by atoms with van der Waals surface area (Å²) in [6, 6.07) is 0. The molecule has 1 aliphatic rings. The fraction of sp³-hybridized carbons (Fsp3) is 1.00. The Morgan fingerprint density at radius 1 is 0.778 bits per heavy atom. The fourth-order valence-electron chi connectivity index (χ4n) is 1.81. The molecule has 0 aromatic heterocycles. The van der Waals surface area contributed by atoms with E-state index in [9.17, 15) is 70.2 Å². The summed E-state index contributed by atoms with van der Waals surface area (Å²) in [5.74, 6) is -47.6. The van der Waals surface area contributed by atoms with Gasteiger partial charge >= 0.3 is 47.8 Å². The Morgan fingerprint density at radius 3 is 1.48 bits per heavy atom. The van der Waals surface area contributed by atoms with Gasteiger partial charge in [-0.05, 0) is 0 Å². The highest BCUT2D eigenvalue weighted by Gasteiger charge is 2.94. The van der Waals surface area contributed by atoms with Gasteiger partial charge in [0.05, 0.1) is 0 Å². The normalized spacial score (nSPS) is 30.8. The summed E-state index contributed by atoms with van der Waals surface area (Å²) in [5, 5.41) is 0. The van der Waals surface area contributed by atoms with E-state index in [4.69, 9.17) is 0 Å². The van der Waals surface area contributed by atoms with Crippen molar-refractivity contribution in [1.82, 2.24) is 0 Å². The first-order valence-electron chi connectivity index (χ1n) is 6.07. The molecule has 0 aromatic carbocycles. The van der Waals surface area contributed by atoms with Gasteiger partial charge in [0.25, 0.3) is 0 Å². The summed E-state index contributed by atoms with van der Waals surface area (Å²) in [7, 11) is 0. The molecule has 1 aliphatic carbocycles. The number of alkyl halides is 16.